The minimum Gasteiger partial charge on any atom is -0.370 e. The number of hydrogen-bond donors (Lipinski definition) is 2. The molecule has 0 unspecified atom stereocenters. The Bertz CT molecular complexity index is 141. The van der Waals surface area contributed by atoms with Crippen molar-refractivity contribution in [2.75, 3.05) is 13.1 Å². The average Bonchev–Trinajstić information content (AvgIpc) is 2.05. The predicted molar refractivity (Wildman–Crippen MR) is 48.3 cm³/mol. The SMILES string of the molecule is NC(=O)CC[CH]C1CCNCC1. The Morgan fingerprint density at radius 3 is 2.75 bits per heavy atom. The van der Waals surface area contributed by atoms with E-state index in [1.165, 1.54) is 12.8 Å². The molecule has 0 aromatic heterocycles. The number of carbonyl (C=O) groups excluding carboxylic acids is 1. The summed E-state index contributed by atoms with van der Waals surface area (Å²) in [5.41, 5.74) is 5.04. The number of nitrogens with one attached hydrogen (secondary N) is 1. The average molecular weight is 169 g/mol. The van der Waals surface area contributed by atoms with Gasteiger partial charge in [-0.05, 0) is 44.7 Å². The summed E-state index contributed by atoms with van der Waals surface area (Å²) in [6, 6.07) is 0. The maximum Gasteiger partial charge on any atom is 0.217 e. The molecule has 1 heterocycles. The zero-order valence-corrected chi connectivity index (χ0v) is 7.38. The molecule has 0 aliphatic carbocycles. The van der Waals surface area contributed by atoms with Gasteiger partial charge in [0.1, 0.15) is 0 Å². The molecule has 0 aromatic carbocycles. The van der Waals surface area contributed by atoms with Gasteiger partial charge >= 0.3 is 0 Å². The summed E-state index contributed by atoms with van der Waals surface area (Å²) in [4.78, 5) is 10.4. The monoisotopic (exact) mass is 169 g/mol. The van der Waals surface area contributed by atoms with Crippen LogP contribution in [-0.4, -0.2) is 19.0 Å². The molecule has 0 atom stereocenters. The molecule has 0 spiro atoms. The standard InChI is InChI=1S/C9H17N2O/c10-9(12)3-1-2-8-4-6-11-7-5-8/h2,8,11H,1,3-7H2,(H2,10,12). The molecule has 0 bridgehead atoms. The van der Waals surface area contributed by atoms with Gasteiger partial charge in [-0.2, -0.15) is 0 Å². The topological polar surface area (TPSA) is 55.1 Å². The number of amides is 1. The van der Waals surface area contributed by atoms with Crippen LogP contribution in [0.3, 0.4) is 0 Å². The maximum atomic E-state index is 10.4. The molecule has 3 nitrogen and oxygen atoms in total. The Labute approximate surface area is 73.7 Å². The molecule has 1 aliphatic rings. The largest absolute Gasteiger partial charge is 0.370 e. The fraction of sp³-hybridized carbons (Fsp3) is 0.778. The van der Waals surface area contributed by atoms with Crippen molar-refractivity contribution in [3.63, 3.8) is 0 Å². The third-order valence-corrected chi connectivity index (χ3v) is 2.27. The second kappa shape index (κ2) is 5.14. The van der Waals surface area contributed by atoms with Crippen LogP contribution < -0.4 is 11.1 Å². The highest BCUT2D eigenvalue weighted by Crippen LogP contribution is 2.17. The Balaban J connectivity index is 2.01. The minimum atomic E-state index is -0.194. The van der Waals surface area contributed by atoms with Crippen LogP contribution in [0.1, 0.15) is 25.7 Å². The van der Waals surface area contributed by atoms with E-state index in [0.29, 0.717) is 12.3 Å². The molecular formula is C9H17N2O. The third kappa shape index (κ3) is 3.72. The van der Waals surface area contributed by atoms with Gasteiger partial charge in [-0.1, -0.05) is 0 Å². The summed E-state index contributed by atoms with van der Waals surface area (Å²) < 4.78 is 0. The molecule has 1 amide bonds. The first-order valence-electron chi connectivity index (χ1n) is 4.61. The predicted octanol–water partition coefficient (Wildman–Crippen LogP) is 0.456. The molecule has 1 rings (SSSR count). The van der Waals surface area contributed by atoms with Crippen molar-refractivity contribution < 1.29 is 4.79 Å². The zero-order chi connectivity index (χ0) is 8.81. The highest BCUT2D eigenvalue weighted by molar-refractivity contribution is 5.73. The number of carbonyl (C=O) groups is 1. The van der Waals surface area contributed by atoms with Crippen molar-refractivity contribution >= 4 is 5.91 Å². The van der Waals surface area contributed by atoms with E-state index in [1.807, 2.05) is 0 Å². The molecule has 1 fully saturated rings. The van der Waals surface area contributed by atoms with E-state index in [4.69, 9.17) is 5.73 Å². The molecule has 3 heteroatoms. The van der Waals surface area contributed by atoms with Gasteiger partial charge in [0, 0.05) is 6.42 Å². The number of hydrogen-bond acceptors (Lipinski definition) is 2. The first kappa shape index (κ1) is 9.52. The summed E-state index contributed by atoms with van der Waals surface area (Å²) in [6.45, 7) is 2.22. The number of nitrogens with two attached hydrogens (primary N) is 1. The lowest BCUT2D eigenvalue weighted by Gasteiger charge is -2.21. The second-order valence-corrected chi connectivity index (χ2v) is 3.33. The van der Waals surface area contributed by atoms with Gasteiger partial charge in [-0.25, -0.2) is 0 Å². The second-order valence-electron chi connectivity index (χ2n) is 3.33. The smallest absolute Gasteiger partial charge is 0.217 e. The van der Waals surface area contributed by atoms with Crippen molar-refractivity contribution in [3.8, 4) is 0 Å². The van der Waals surface area contributed by atoms with Gasteiger partial charge in [-0.3, -0.25) is 4.79 Å². The van der Waals surface area contributed by atoms with E-state index in [2.05, 4.69) is 11.7 Å². The highest BCUT2D eigenvalue weighted by Gasteiger charge is 2.12. The Morgan fingerprint density at radius 1 is 1.50 bits per heavy atom. The van der Waals surface area contributed by atoms with E-state index < -0.39 is 0 Å². The summed E-state index contributed by atoms with van der Waals surface area (Å²) >= 11 is 0. The van der Waals surface area contributed by atoms with Crippen LogP contribution in [0.25, 0.3) is 0 Å². The number of rotatable bonds is 4. The minimum absolute atomic E-state index is 0.194. The Morgan fingerprint density at radius 2 is 2.17 bits per heavy atom. The van der Waals surface area contributed by atoms with E-state index in [-0.39, 0.29) is 5.91 Å². The molecule has 69 valence electrons. The number of piperidine rings is 1. The summed E-state index contributed by atoms with van der Waals surface area (Å²) in [5.74, 6) is 0.505. The molecular weight excluding hydrogens is 152 g/mol. The van der Waals surface area contributed by atoms with Crippen LogP contribution in [0.4, 0.5) is 0 Å². The Kier molecular flexibility index (Phi) is 4.08. The van der Waals surface area contributed by atoms with E-state index in [9.17, 15) is 4.79 Å². The van der Waals surface area contributed by atoms with Crippen molar-refractivity contribution in [2.45, 2.75) is 25.7 Å². The molecule has 0 saturated carbocycles. The fourth-order valence-electron chi connectivity index (χ4n) is 1.54. The molecule has 1 radical (unpaired) electrons. The van der Waals surface area contributed by atoms with Gasteiger partial charge in [0.15, 0.2) is 0 Å². The van der Waals surface area contributed by atoms with Gasteiger partial charge in [-0.15, -0.1) is 0 Å². The first-order valence-corrected chi connectivity index (χ1v) is 4.61. The summed E-state index contributed by atoms with van der Waals surface area (Å²) in [6.07, 6.45) is 6.01. The van der Waals surface area contributed by atoms with E-state index in [0.717, 1.165) is 19.5 Å². The molecule has 0 aromatic rings. The van der Waals surface area contributed by atoms with Gasteiger partial charge in [0.25, 0.3) is 0 Å². The van der Waals surface area contributed by atoms with Crippen LogP contribution in [-0.2, 0) is 4.79 Å². The van der Waals surface area contributed by atoms with Crippen molar-refractivity contribution in [3.05, 3.63) is 6.42 Å². The maximum absolute atomic E-state index is 10.4. The van der Waals surface area contributed by atoms with E-state index in [1.54, 1.807) is 0 Å². The lowest BCUT2D eigenvalue weighted by Crippen LogP contribution is -2.28. The fourth-order valence-corrected chi connectivity index (χ4v) is 1.54. The van der Waals surface area contributed by atoms with Crippen LogP contribution in [0.2, 0.25) is 0 Å². The Hall–Kier alpha value is -0.570. The van der Waals surface area contributed by atoms with Crippen LogP contribution in [0.15, 0.2) is 0 Å². The third-order valence-electron chi connectivity index (χ3n) is 2.27. The molecule has 3 N–H and O–H groups in total. The number of primary amides is 1. The summed E-state index contributed by atoms with van der Waals surface area (Å²) in [5, 5.41) is 3.30. The van der Waals surface area contributed by atoms with Gasteiger partial charge < -0.3 is 11.1 Å². The lowest BCUT2D eigenvalue weighted by molar-refractivity contribution is -0.118. The lowest BCUT2D eigenvalue weighted by atomic mass is 9.92. The van der Waals surface area contributed by atoms with Crippen LogP contribution in [0.5, 0.6) is 0 Å². The van der Waals surface area contributed by atoms with Crippen molar-refractivity contribution in [1.29, 1.82) is 0 Å². The van der Waals surface area contributed by atoms with Crippen molar-refractivity contribution in [2.24, 2.45) is 11.7 Å². The summed E-state index contributed by atoms with van der Waals surface area (Å²) in [7, 11) is 0. The van der Waals surface area contributed by atoms with Crippen molar-refractivity contribution in [1.82, 2.24) is 5.32 Å². The highest BCUT2D eigenvalue weighted by atomic mass is 16.1. The van der Waals surface area contributed by atoms with Crippen LogP contribution in [0, 0.1) is 12.3 Å². The van der Waals surface area contributed by atoms with Gasteiger partial charge in [0.2, 0.25) is 5.91 Å². The molecule has 1 aliphatic heterocycles. The molecule has 1 saturated heterocycles. The van der Waals surface area contributed by atoms with E-state index >= 15 is 0 Å². The quantitative estimate of drug-likeness (QED) is 0.642. The zero-order valence-electron chi connectivity index (χ0n) is 7.38. The normalized spacial score (nSPS) is 19.3. The first-order chi connectivity index (χ1) is 5.79. The molecule has 12 heavy (non-hydrogen) atoms. The van der Waals surface area contributed by atoms with Crippen LogP contribution >= 0.6 is 0 Å². The van der Waals surface area contributed by atoms with Gasteiger partial charge in [0.05, 0.1) is 0 Å².